The highest BCUT2D eigenvalue weighted by atomic mass is 16.5. The summed E-state index contributed by atoms with van der Waals surface area (Å²) < 4.78 is 5.82. The summed E-state index contributed by atoms with van der Waals surface area (Å²) >= 11 is 0. The van der Waals surface area contributed by atoms with Crippen LogP contribution in [0.5, 0.6) is 5.75 Å². The van der Waals surface area contributed by atoms with Crippen molar-refractivity contribution < 1.29 is 4.74 Å². The smallest absolute Gasteiger partial charge is 0.130 e. The van der Waals surface area contributed by atoms with E-state index in [2.05, 4.69) is 11.9 Å². The number of likely N-dealkylation sites (tertiary alicyclic amines) is 1. The zero-order chi connectivity index (χ0) is 13.8. The number of rotatable bonds is 5. The predicted molar refractivity (Wildman–Crippen MR) is 78.0 cm³/mol. The van der Waals surface area contributed by atoms with Crippen LogP contribution in [0, 0.1) is 12.3 Å². The van der Waals surface area contributed by atoms with Gasteiger partial charge in [-0.2, -0.15) is 0 Å². The number of hydrogen-bond donors (Lipinski definition) is 2. The summed E-state index contributed by atoms with van der Waals surface area (Å²) in [6.07, 6.45) is 3.57. The Morgan fingerprint density at radius 3 is 2.95 bits per heavy atom. The van der Waals surface area contributed by atoms with E-state index in [0.717, 1.165) is 17.7 Å². The molecule has 1 unspecified atom stereocenters. The van der Waals surface area contributed by atoms with Crippen LogP contribution in [0.1, 0.15) is 30.4 Å². The molecule has 2 rings (SSSR count). The van der Waals surface area contributed by atoms with Gasteiger partial charge in [-0.05, 0) is 51.9 Å². The molecule has 0 saturated carbocycles. The van der Waals surface area contributed by atoms with Crippen LogP contribution in [0.25, 0.3) is 0 Å². The normalized spacial score (nSPS) is 19.6. The lowest BCUT2D eigenvalue weighted by molar-refractivity contribution is 0.233. The second-order valence-corrected chi connectivity index (χ2v) is 5.33. The molecule has 1 aromatic carbocycles. The Kier molecular flexibility index (Phi) is 4.43. The van der Waals surface area contributed by atoms with Crippen molar-refractivity contribution in [3.05, 3.63) is 29.3 Å². The van der Waals surface area contributed by atoms with Crippen molar-refractivity contribution in [3.8, 4) is 5.75 Å². The van der Waals surface area contributed by atoms with Gasteiger partial charge in [-0.15, -0.1) is 0 Å². The van der Waals surface area contributed by atoms with Gasteiger partial charge in [-0.3, -0.25) is 5.41 Å². The second-order valence-electron chi connectivity index (χ2n) is 5.33. The van der Waals surface area contributed by atoms with E-state index in [-0.39, 0.29) is 5.84 Å². The van der Waals surface area contributed by atoms with Crippen LogP contribution in [0.4, 0.5) is 0 Å². The van der Waals surface area contributed by atoms with Crippen LogP contribution in [-0.2, 0) is 0 Å². The molecule has 0 radical (unpaired) electrons. The van der Waals surface area contributed by atoms with Gasteiger partial charge >= 0.3 is 0 Å². The van der Waals surface area contributed by atoms with Crippen molar-refractivity contribution in [2.24, 2.45) is 5.73 Å². The fourth-order valence-corrected chi connectivity index (χ4v) is 2.63. The third-order valence-electron chi connectivity index (χ3n) is 3.81. The molecule has 0 aliphatic carbocycles. The lowest BCUT2D eigenvalue weighted by atomic mass is 10.1. The number of benzene rings is 1. The summed E-state index contributed by atoms with van der Waals surface area (Å²) in [6.45, 7) is 3.86. The van der Waals surface area contributed by atoms with Crippen molar-refractivity contribution >= 4 is 5.84 Å². The van der Waals surface area contributed by atoms with Crippen LogP contribution in [0.2, 0.25) is 0 Å². The van der Waals surface area contributed by atoms with Gasteiger partial charge in [0.1, 0.15) is 11.6 Å². The van der Waals surface area contributed by atoms with Gasteiger partial charge in [0.15, 0.2) is 0 Å². The maximum Gasteiger partial charge on any atom is 0.130 e. The molecule has 4 nitrogen and oxygen atoms in total. The van der Waals surface area contributed by atoms with Gasteiger partial charge in [0.2, 0.25) is 0 Å². The number of ether oxygens (including phenoxy) is 1. The quantitative estimate of drug-likeness (QED) is 0.630. The fourth-order valence-electron chi connectivity index (χ4n) is 2.63. The minimum Gasteiger partial charge on any atom is -0.493 e. The average molecular weight is 261 g/mol. The van der Waals surface area contributed by atoms with E-state index in [1.165, 1.54) is 19.4 Å². The first-order valence-corrected chi connectivity index (χ1v) is 6.86. The number of amidine groups is 1. The topological polar surface area (TPSA) is 62.3 Å². The molecule has 1 heterocycles. The largest absolute Gasteiger partial charge is 0.493 e. The molecule has 1 fully saturated rings. The zero-order valence-corrected chi connectivity index (χ0v) is 11.8. The van der Waals surface area contributed by atoms with Gasteiger partial charge in [-0.25, -0.2) is 0 Å². The van der Waals surface area contributed by atoms with Crippen molar-refractivity contribution in [3.63, 3.8) is 0 Å². The van der Waals surface area contributed by atoms with Crippen LogP contribution in [-0.4, -0.2) is 37.0 Å². The first-order valence-electron chi connectivity index (χ1n) is 6.86. The average Bonchev–Trinajstić information content (AvgIpc) is 2.77. The number of aryl methyl sites for hydroxylation is 1. The molecule has 1 aromatic rings. The fraction of sp³-hybridized carbons (Fsp3) is 0.533. The SMILES string of the molecule is Cc1ccc(OCCC2CCCN2C)c(C(=N)N)c1. The molecule has 1 aliphatic heterocycles. The maximum absolute atomic E-state index is 7.60. The lowest BCUT2D eigenvalue weighted by Gasteiger charge is -2.19. The number of nitrogens with one attached hydrogen (secondary N) is 1. The highest BCUT2D eigenvalue weighted by Crippen LogP contribution is 2.22. The standard InChI is InChI=1S/C15H23N3O/c1-11-5-6-14(13(10-11)15(16)17)19-9-7-12-4-3-8-18(12)2/h5-6,10,12H,3-4,7-9H2,1-2H3,(H3,16,17). The molecule has 0 amide bonds. The molecule has 1 saturated heterocycles. The molecule has 19 heavy (non-hydrogen) atoms. The maximum atomic E-state index is 7.60. The summed E-state index contributed by atoms with van der Waals surface area (Å²) in [7, 11) is 2.17. The monoisotopic (exact) mass is 261 g/mol. The minimum atomic E-state index is 0.0664. The molecule has 1 aliphatic rings. The molecular formula is C15H23N3O. The van der Waals surface area contributed by atoms with E-state index in [0.29, 0.717) is 18.2 Å². The minimum absolute atomic E-state index is 0.0664. The van der Waals surface area contributed by atoms with E-state index in [1.807, 2.05) is 25.1 Å². The number of nitrogens with zero attached hydrogens (tertiary/aromatic N) is 1. The highest BCUT2D eigenvalue weighted by Gasteiger charge is 2.20. The Morgan fingerprint density at radius 2 is 2.32 bits per heavy atom. The summed E-state index contributed by atoms with van der Waals surface area (Å²) in [4.78, 5) is 2.39. The van der Waals surface area contributed by atoms with E-state index in [9.17, 15) is 0 Å². The summed E-state index contributed by atoms with van der Waals surface area (Å²) in [6, 6.07) is 6.43. The lowest BCUT2D eigenvalue weighted by Crippen LogP contribution is -2.26. The number of nitrogens with two attached hydrogens (primary N) is 1. The number of hydrogen-bond acceptors (Lipinski definition) is 3. The Morgan fingerprint density at radius 1 is 1.53 bits per heavy atom. The van der Waals surface area contributed by atoms with Gasteiger partial charge < -0.3 is 15.4 Å². The van der Waals surface area contributed by atoms with Gasteiger partial charge in [0.25, 0.3) is 0 Å². The number of nitrogen functional groups attached to an aromatic ring is 1. The molecule has 3 N–H and O–H groups in total. The summed E-state index contributed by atoms with van der Waals surface area (Å²) in [5.74, 6) is 0.787. The van der Waals surface area contributed by atoms with Gasteiger partial charge in [0.05, 0.1) is 12.2 Å². The van der Waals surface area contributed by atoms with Crippen molar-refractivity contribution in [1.82, 2.24) is 4.90 Å². The molecule has 104 valence electrons. The van der Waals surface area contributed by atoms with E-state index >= 15 is 0 Å². The molecular weight excluding hydrogens is 238 g/mol. The van der Waals surface area contributed by atoms with E-state index < -0.39 is 0 Å². The Hall–Kier alpha value is -1.55. The van der Waals surface area contributed by atoms with Gasteiger partial charge in [-0.1, -0.05) is 11.6 Å². The van der Waals surface area contributed by atoms with Crippen molar-refractivity contribution in [2.45, 2.75) is 32.2 Å². The van der Waals surface area contributed by atoms with Gasteiger partial charge in [0, 0.05) is 6.04 Å². The molecule has 0 aromatic heterocycles. The van der Waals surface area contributed by atoms with E-state index in [1.54, 1.807) is 0 Å². The third kappa shape index (κ3) is 3.47. The third-order valence-corrected chi connectivity index (χ3v) is 3.81. The summed E-state index contributed by atoms with van der Waals surface area (Å²) in [5.41, 5.74) is 7.38. The zero-order valence-electron chi connectivity index (χ0n) is 11.8. The molecule has 0 bridgehead atoms. The van der Waals surface area contributed by atoms with Crippen LogP contribution < -0.4 is 10.5 Å². The van der Waals surface area contributed by atoms with Crippen LogP contribution in [0.15, 0.2) is 18.2 Å². The predicted octanol–water partition coefficient (Wildman–Crippen LogP) is 2.14. The Balaban J connectivity index is 1.94. The first kappa shape index (κ1) is 13.9. The Bertz CT molecular complexity index is 459. The molecule has 1 atom stereocenters. The summed E-state index contributed by atoms with van der Waals surface area (Å²) in [5, 5.41) is 7.60. The van der Waals surface area contributed by atoms with Crippen LogP contribution >= 0.6 is 0 Å². The van der Waals surface area contributed by atoms with Crippen LogP contribution in [0.3, 0.4) is 0 Å². The Labute approximate surface area is 115 Å². The highest BCUT2D eigenvalue weighted by molar-refractivity contribution is 5.97. The van der Waals surface area contributed by atoms with E-state index in [4.69, 9.17) is 15.9 Å². The molecule has 4 heteroatoms. The van der Waals surface area contributed by atoms with Crippen molar-refractivity contribution in [2.75, 3.05) is 20.2 Å². The van der Waals surface area contributed by atoms with Crippen molar-refractivity contribution in [1.29, 1.82) is 5.41 Å². The second kappa shape index (κ2) is 6.06. The molecule has 0 spiro atoms. The first-order chi connectivity index (χ1) is 9.08.